The minimum atomic E-state index is -3.80. The van der Waals surface area contributed by atoms with Gasteiger partial charge in [0.25, 0.3) is 15.0 Å². The van der Waals surface area contributed by atoms with Gasteiger partial charge in [-0.1, -0.05) is 0 Å². The zero-order chi connectivity index (χ0) is 15.6. The number of benzene rings is 2. The van der Waals surface area contributed by atoms with E-state index in [0.29, 0.717) is 14.8 Å². The molecule has 1 N–H and O–H groups in total. The van der Waals surface area contributed by atoms with Crippen LogP contribution in [0.4, 0.5) is 10.1 Å². The molecule has 4 nitrogen and oxygen atoms in total. The van der Waals surface area contributed by atoms with Crippen molar-refractivity contribution in [3.05, 3.63) is 57.4 Å². The summed E-state index contributed by atoms with van der Waals surface area (Å²) >= 11 is 1.86. The molecule has 0 saturated heterocycles. The van der Waals surface area contributed by atoms with Crippen LogP contribution in [0.25, 0.3) is 0 Å². The fraction of sp³-hybridized carbons (Fsp3) is 0. The van der Waals surface area contributed by atoms with Gasteiger partial charge in [-0.2, -0.15) is 0 Å². The largest absolute Gasteiger partial charge is 0.322 e. The second kappa shape index (κ2) is 6.29. The summed E-state index contributed by atoms with van der Waals surface area (Å²) < 4.78 is 35.7. The van der Waals surface area contributed by atoms with Gasteiger partial charge in [-0.15, -0.1) is 0 Å². The topological polar surface area (TPSA) is 63.2 Å². The van der Waals surface area contributed by atoms with Gasteiger partial charge in [0, 0.05) is 19.9 Å². The molecule has 2 aromatic carbocycles. The maximum Gasteiger partial charge on any atom is 0.261 e. The van der Waals surface area contributed by atoms with Gasteiger partial charge < -0.3 is 5.32 Å². The summed E-state index contributed by atoms with van der Waals surface area (Å²) in [5.74, 6) is -0.839. The lowest BCUT2D eigenvalue weighted by Gasteiger charge is -2.07. The predicted octanol–water partition coefficient (Wildman–Crippen LogP) is 3.61. The van der Waals surface area contributed by atoms with Crippen molar-refractivity contribution in [2.75, 3.05) is 5.32 Å². The third-order valence-corrected chi connectivity index (χ3v) is 4.83. The summed E-state index contributed by atoms with van der Waals surface area (Å²) in [4.78, 5) is 12.0. The SMILES string of the molecule is O=C(Nc1ccc(S(=O)(=O)Cl)cc1)c1ccc(F)cc1I. The summed E-state index contributed by atoms with van der Waals surface area (Å²) in [7, 11) is 1.40. The van der Waals surface area contributed by atoms with Gasteiger partial charge in [0.15, 0.2) is 0 Å². The number of carbonyl (C=O) groups is 1. The second-order valence-corrected chi connectivity index (χ2v) is 7.77. The van der Waals surface area contributed by atoms with E-state index in [-0.39, 0.29) is 4.90 Å². The fourth-order valence-corrected chi connectivity index (χ4v) is 3.06. The van der Waals surface area contributed by atoms with Gasteiger partial charge >= 0.3 is 0 Å². The quantitative estimate of drug-likeness (QED) is 0.587. The van der Waals surface area contributed by atoms with Crippen molar-refractivity contribution in [2.24, 2.45) is 0 Å². The van der Waals surface area contributed by atoms with E-state index in [2.05, 4.69) is 5.32 Å². The molecule has 2 aromatic rings. The molecule has 0 aliphatic rings. The van der Waals surface area contributed by atoms with Crippen LogP contribution in [0, 0.1) is 9.39 Å². The first kappa shape index (κ1) is 16.2. The molecule has 0 aromatic heterocycles. The third-order valence-electron chi connectivity index (χ3n) is 2.57. The van der Waals surface area contributed by atoms with Crippen LogP contribution in [-0.4, -0.2) is 14.3 Å². The Bertz CT molecular complexity index is 794. The molecule has 0 unspecified atom stereocenters. The number of hydrogen-bond donors (Lipinski definition) is 1. The Kier molecular flexibility index (Phi) is 4.84. The number of halogens is 3. The molecule has 0 radical (unpaired) electrons. The lowest BCUT2D eigenvalue weighted by molar-refractivity contribution is 0.102. The summed E-state index contributed by atoms with van der Waals surface area (Å²) in [5.41, 5.74) is 0.732. The van der Waals surface area contributed by atoms with Crippen LogP contribution >= 0.6 is 33.3 Å². The molecule has 0 aliphatic carbocycles. The Labute approximate surface area is 138 Å². The number of rotatable bonds is 3. The van der Waals surface area contributed by atoms with Crippen LogP contribution in [0.5, 0.6) is 0 Å². The predicted molar refractivity (Wildman–Crippen MR) is 86.6 cm³/mol. The zero-order valence-corrected chi connectivity index (χ0v) is 14.0. The maximum absolute atomic E-state index is 13.0. The molecule has 8 heteroatoms. The Hall–Kier alpha value is -1.19. The highest BCUT2D eigenvalue weighted by Crippen LogP contribution is 2.19. The molecule has 0 heterocycles. The summed E-state index contributed by atoms with van der Waals surface area (Å²) in [5, 5.41) is 2.59. The normalized spacial score (nSPS) is 11.2. The Morgan fingerprint density at radius 2 is 1.76 bits per heavy atom. The molecule has 2 rings (SSSR count). The monoisotopic (exact) mass is 439 g/mol. The number of amides is 1. The minimum Gasteiger partial charge on any atom is -0.322 e. The second-order valence-electron chi connectivity index (χ2n) is 4.04. The third kappa shape index (κ3) is 4.14. The number of carbonyl (C=O) groups excluding carboxylic acids is 1. The lowest BCUT2D eigenvalue weighted by atomic mass is 10.2. The highest BCUT2D eigenvalue weighted by atomic mass is 127. The number of hydrogen-bond acceptors (Lipinski definition) is 3. The Morgan fingerprint density at radius 1 is 1.14 bits per heavy atom. The van der Waals surface area contributed by atoms with Crippen molar-refractivity contribution in [3.8, 4) is 0 Å². The molecule has 0 spiro atoms. The van der Waals surface area contributed by atoms with Crippen LogP contribution < -0.4 is 5.32 Å². The molecular weight excluding hydrogens is 432 g/mol. The van der Waals surface area contributed by atoms with Crippen molar-refractivity contribution >= 4 is 53.9 Å². The molecule has 110 valence electrons. The number of anilines is 1. The van der Waals surface area contributed by atoms with E-state index in [0.717, 1.165) is 0 Å². The highest BCUT2D eigenvalue weighted by Gasteiger charge is 2.12. The van der Waals surface area contributed by atoms with E-state index in [1.165, 1.54) is 42.5 Å². The van der Waals surface area contributed by atoms with Crippen LogP contribution in [0.3, 0.4) is 0 Å². The van der Waals surface area contributed by atoms with Gasteiger partial charge in [0.05, 0.1) is 10.5 Å². The first-order chi connectivity index (χ1) is 9.77. The molecule has 0 bridgehead atoms. The van der Waals surface area contributed by atoms with E-state index in [1.54, 1.807) is 0 Å². The van der Waals surface area contributed by atoms with Crippen molar-refractivity contribution in [1.29, 1.82) is 0 Å². The molecule has 21 heavy (non-hydrogen) atoms. The van der Waals surface area contributed by atoms with Crippen molar-refractivity contribution < 1.29 is 17.6 Å². The molecule has 0 atom stereocenters. The Morgan fingerprint density at radius 3 is 2.29 bits per heavy atom. The first-order valence-electron chi connectivity index (χ1n) is 5.58. The van der Waals surface area contributed by atoms with E-state index < -0.39 is 20.8 Å². The van der Waals surface area contributed by atoms with Gasteiger partial charge in [-0.3, -0.25) is 4.79 Å². The zero-order valence-electron chi connectivity index (χ0n) is 10.3. The standard InChI is InChI=1S/C13H8ClFINO3S/c14-21(19,20)10-4-2-9(3-5-10)17-13(18)11-6-1-8(15)7-12(11)16/h1-7H,(H,17,18). The summed E-state index contributed by atoms with van der Waals surface area (Å²) in [6.45, 7) is 0. The Balaban J connectivity index is 2.20. The maximum atomic E-state index is 13.0. The fourth-order valence-electron chi connectivity index (χ4n) is 1.57. The smallest absolute Gasteiger partial charge is 0.261 e. The van der Waals surface area contributed by atoms with E-state index in [4.69, 9.17) is 10.7 Å². The molecular formula is C13H8ClFINO3S. The van der Waals surface area contributed by atoms with Crippen LogP contribution in [0.1, 0.15) is 10.4 Å². The van der Waals surface area contributed by atoms with Crippen molar-refractivity contribution in [2.45, 2.75) is 4.90 Å². The van der Waals surface area contributed by atoms with Crippen LogP contribution in [0.2, 0.25) is 0 Å². The molecule has 0 saturated carbocycles. The molecule has 0 fully saturated rings. The molecule has 1 amide bonds. The van der Waals surface area contributed by atoms with Gasteiger partial charge in [-0.05, 0) is 65.1 Å². The number of nitrogens with one attached hydrogen (secondary N) is 1. The first-order valence-corrected chi connectivity index (χ1v) is 8.97. The lowest BCUT2D eigenvalue weighted by Crippen LogP contribution is -2.13. The average molecular weight is 440 g/mol. The van der Waals surface area contributed by atoms with E-state index in [1.807, 2.05) is 22.6 Å². The highest BCUT2D eigenvalue weighted by molar-refractivity contribution is 14.1. The summed E-state index contributed by atoms with van der Waals surface area (Å²) in [6, 6.07) is 9.23. The minimum absolute atomic E-state index is 0.0569. The van der Waals surface area contributed by atoms with Crippen molar-refractivity contribution in [1.82, 2.24) is 0 Å². The van der Waals surface area contributed by atoms with Gasteiger partial charge in [0.1, 0.15) is 5.82 Å². The van der Waals surface area contributed by atoms with Gasteiger partial charge in [0.2, 0.25) is 0 Å². The van der Waals surface area contributed by atoms with Crippen LogP contribution in [-0.2, 0) is 9.05 Å². The van der Waals surface area contributed by atoms with Gasteiger partial charge in [-0.25, -0.2) is 12.8 Å². The average Bonchev–Trinajstić information content (AvgIpc) is 2.38. The van der Waals surface area contributed by atoms with E-state index in [9.17, 15) is 17.6 Å². The summed E-state index contributed by atoms with van der Waals surface area (Å²) in [6.07, 6.45) is 0. The molecule has 0 aliphatic heterocycles. The van der Waals surface area contributed by atoms with Crippen LogP contribution in [0.15, 0.2) is 47.4 Å². The van der Waals surface area contributed by atoms with E-state index >= 15 is 0 Å². The van der Waals surface area contributed by atoms with Crippen molar-refractivity contribution in [3.63, 3.8) is 0 Å².